The molecule has 0 unspecified atom stereocenters. The van der Waals surface area contributed by atoms with Crippen LogP contribution in [0.4, 0.5) is 0 Å². The number of pyridine rings is 1. The molecule has 0 fully saturated rings. The van der Waals surface area contributed by atoms with Gasteiger partial charge in [0.25, 0.3) is 0 Å². The van der Waals surface area contributed by atoms with Gasteiger partial charge in [-0.05, 0) is 34.9 Å². The molecule has 2 heterocycles. The van der Waals surface area contributed by atoms with Crippen molar-refractivity contribution >= 4 is 29.9 Å². The van der Waals surface area contributed by atoms with Crippen molar-refractivity contribution in [1.29, 1.82) is 0 Å². The first-order valence-electron chi connectivity index (χ1n) is 10.3. The zero-order valence-electron chi connectivity index (χ0n) is 17.9. The Morgan fingerprint density at radius 2 is 1.59 bits per heavy atom. The molecular weight excluding hydrogens is 511 g/mol. The molecule has 0 amide bonds. The lowest BCUT2D eigenvalue weighted by molar-refractivity contribution is 0.727. The van der Waals surface area contributed by atoms with Crippen LogP contribution in [0, 0.1) is 0 Å². The molecule has 6 nitrogen and oxygen atoms in total. The number of aliphatic imine (C=N–C) groups is 1. The number of halogens is 1. The summed E-state index contributed by atoms with van der Waals surface area (Å²) in [5.74, 6) is 1.78. The van der Waals surface area contributed by atoms with Gasteiger partial charge >= 0.3 is 0 Å². The quantitative estimate of drug-likeness (QED) is 0.208. The van der Waals surface area contributed by atoms with Crippen LogP contribution in [0.1, 0.15) is 22.6 Å². The lowest BCUT2D eigenvalue weighted by Gasteiger charge is -2.20. The molecule has 7 heteroatoms. The third-order valence-electron chi connectivity index (χ3n) is 5.11. The molecule has 164 valence electrons. The van der Waals surface area contributed by atoms with E-state index in [0.717, 1.165) is 23.9 Å². The third kappa shape index (κ3) is 6.16. The van der Waals surface area contributed by atoms with E-state index >= 15 is 0 Å². The molecule has 0 aliphatic heterocycles. The van der Waals surface area contributed by atoms with Gasteiger partial charge in [-0.2, -0.15) is 5.10 Å². The first-order chi connectivity index (χ1) is 15.3. The first-order valence-corrected chi connectivity index (χ1v) is 10.3. The molecule has 4 rings (SSSR count). The number of aromatic nitrogens is 3. The van der Waals surface area contributed by atoms with E-state index in [4.69, 9.17) is 0 Å². The molecule has 2 aromatic carbocycles. The lowest BCUT2D eigenvalue weighted by Crippen LogP contribution is -2.39. The van der Waals surface area contributed by atoms with E-state index in [0.29, 0.717) is 6.54 Å². The van der Waals surface area contributed by atoms with Crippen molar-refractivity contribution in [3.63, 3.8) is 0 Å². The summed E-state index contributed by atoms with van der Waals surface area (Å²) >= 11 is 0. The van der Waals surface area contributed by atoms with Crippen LogP contribution in [-0.4, -0.2) is 34.3 Å². The maximum atomic E-state index is 4.40. The monoisotopic (exact) mass is 538 g/mol. The van der Waals surface area contributed by atoms with Crippen molar-refractivity contribution in [2.24, 2.45) is 4.99 Å². The fourth-order valence-corrected chi connectivity index (χ4v) is 3.50. The third-order valence-corrected chi connectivity index (χ3v) is 5.11. The van der Waals surface area contributed by atoms with Crippen LogP contribution in [0.2, 0.25) is 0 Å². The van der Waals surface area contributed by atoms with E-state index in [2.05, 4.69) is 74.2 Å². The van der Waals surface area contributed by atoms with Gasteiger partial charge in [0.2, 0.25) is 0 Å². The van der Waals surface area contributed by atoms with Crippen LogP contribution in [0.25, 0.3) is 5.82 Å². The average molecular weight is 538 g/mol. The normalized spacial score (nSPS) is 11.1. The minimum atomic E-state index is 0. The van der Waals surface area contributed by atoms with E-state index in [1.54, 1.807) is 24.1 Å². The Morgan fingerprint density at radius 3 is 2.19 bits per heavy atom. The average Bonchev–Trinajstić information content (AvgIpc) is 3.38. The summed E-state index contributed by atoms with van der Waals surface area (Å²) in [4.78, 5) is 8.78. The largest absolute Gasteiger partial charge is 0.355 e. The fraction of sp³-hybridized carbons (Fsp3) is 0.160. The highest BCUT2D eigenvalue weighted by atomic mass is 127. The molecule has 0 radical (unpaired) electrons. The van der Waals surface area contributed by atoms with Gasteiger partial charge in [-0.3, -0.25) is 4.99 Å². The molecule has 0 spiro atoms. The van der Waals surface area contributed by atoms with Gasteiger partial charge in [-0.15, -0.1) is 24.0 Å². The second kappa shape index (κ2) is 12.0. The Bertz CT molecular complexity index is 1060. The summed E-state index contributed by atoms with van der Waals surface area (Å²) in [5, 5.41) is 11.1. The second-order valence-electron chi connectivity index (χ2n) is 7.15. The maximum absolute atomic E-state index is 4.40. The lowest BCUT2D eigenvalue weighted by atomic mass is 9.91. The molecular formula is C25H27IN6. The maximum Gasteiger partial charge on any atom is 0.191 e. The molecule has 2 aromatic heterocycles. The zero-order valence-corrected chi connectivity index (χ0v) is 20.3. The minimum absolute atomic E-state index is 0. The van der Waals surface area contributed by atoms with Crippen LogP contribution < -0.4 is 10.6 Å². The minimum Gasteiger partial charge on any atom is -0.355 e. The number of hydrogen-bond acceptors (Lipinski definition) is 3. The predicted molar refractivity (Wildman–Crippen MR) is 140 cm³/mol. The van der Waals surface area contributed by atoms with Gasteiger partial charge in [0.05, 0.1) is 0 Å². The Kier molecular flexibility index (Phi) is 8.79. The number of guanidine groups is 1. The van der Waals surface area contributed by atoms with E-state index in [9.17, 15) is 0 Å². The van der Waals surface area contributed by atoms with Crippen molar-refractivity contribution in [3.05, 3.63) is 114 Å². The van der Waals surface area contributed by atoms with Crippen molar-refractivity contribution in [2.75, 3.05) is 13.6 Å². The molecule has 2 N–H and O–H groups in total. The Balaban J connectivity index is 0.00000289. The van der Waals surface area contributed by atoms with Gasteiger partial charge in [0, 0.05) is 44.6 Å². The predicted octanol–water partition coefficient (Wildman–Crippen LogP) is 4.38. The Labute approximate surface area is 205 Å². The number of rotatable bonds is 7. The molecule has 0 saturated carbocycles. The molecule has 0 atom stereocenters. The van der Waals surface area contributed by atoms with Gasteiger partial charge in [-0.1, -0.05) is 60.7 Å². The topological polar surface area (TPSA) is 67.1 Å². The SMILES string of the molecule is CN=C(NCc1ccnc(-n2cccn2)c1)NCC(c1ccccc1)c1ccccc1.I. The van der Waals surface area contributed by atoms with Crippen LogP contribution in [0.3, 0.4) is 0 Å². The van der Waals surface area contributed by atoms with E-state index in [1.807, 2.05) is 36.5 Å². The van der Waals surface area contributed by atoms with Crippen LogP contribution >= 0.6 is 24.0 Å². The van der Waals surface area contributed by atoms with Crippen LogP contribution in [-0.2, 0) is 6.54 Å². The number of nitrogens with one attached hydrogen (secondary N) is 2. The summed E-state index contributed by atoms with van der Waals surface area (Å²) < 4.78 is 1.75. The second-order valence-corrected chi connectivity index (χ2v) is 7.15. The zero-order chi connectivity index (χ0) is 21.3. The fourth-order valence-electron chi connectivity index (χ4n) is 3.50. The highest BCUT2D eigenvalue weighted by Gasteiger charge is 2.14. The van der Waals surface area contributed by atoms with Crippen molar-refractivity contribution in [2.45, 2.75) is 12.5 Å². The molecule has 0 bridgehead atoms. The summed E-state index contributed by atoms with van der Waals surface area (Å²) in [7, 11) is 1.79. The number of benzene rings is 2. The number of hydrogen-bond donors (Lipinski definition) is 2. The summed E-state index contributed by atoms with van der Waals surface area (Å²) in [6.45, 7) is 1.38. The van der Waals surface area contributed by atoms with Gasteiger partial charge < -0.3 is 10.6 Å². The molecule has 32 heavy (non-hydrogen) atoms. The molecule has 0 aliphatic carbocycles. The summed E-state index contributed by atoms with van der Waals surface area (Å²) in [6, 6.07) is 27.0. The van der Waals surface area contributed by atoms with Gasteiger partial charge in [-0.25, -0.2) is 9.67 Å². The van der Waals surface area contributed by atoms with Crippen molar-refractivity contribution in [1.82, 2.24) is 25.4 Å². The smallest absolute Gasteiger partial charge is 0.191 e. The van der Waals surface area contributed by atoms with Crippen LogP contribution in [0.5, 0.6) is 0 Å². The standard InChI is InChI=1S/C25H26N6.HI/c1-26-25(28-18-20-13-15-27-24(17-20)31-16-8-14-30-31)29-19-23(21-9-4-2-5-10-21)22-11-6-3-7-12-22;/h2-17,23H,18-19H2,1H3,(H2,26,28,29);1H. The first kappa shape index (κ1) is 23.5. The van der Waals surface area contributed by atoms with Crippen LogP contribution in [0.15, 0.2) is 102 Å². The summed E-state index contributed by atoms with van der Waals surface area (Å²) in [6.07, 6.45) is 5.42. The van der Waals surface area contributed by atoms with Gasteiger partial charge in [0.1, 0.15) is 0 Å². The van der Waals surface area contributed by atoms with E-state index in [1.165, 1.54) is 11.1 Å². The van der Waals surface area contributed by atoms with Crippen molar-refractivity contribution in [3.8, 4) is 5.82 Å². The molecule has 4 aromatic rings. The van der Waals surface area contributed by atoms with E-state index in [-0.39, 0.29) is 29.9 Å². The highest BCUT2D eigenvalue weighted by molar-refractivity contribution is 14.0. The summed E-state index contributed by atoms with van der Waals surface area (Å²) in [5.41, 5.74) is 3.65. The van der Waals surface area contributed by atoms with Crippen molar-refractivity contribution < 1.29 is 0 Å². The van der Waals surface area contributed by atoms with E-state index < -0.39 is 0 Å². The van der Waals surface area contributed by atoms with Gasteiger partial charge in [0.15, 0.2) is 11.8 Å². The number of nitrogens with zero attached hydrogens (tertiary/aromatic N) is 4. The molecule has 0 aliphatic rings. The highest BCUT2D eigenvalue weighted by Crippen LogP contribution is 2.23. The molecule has 0 saturated heterocycles. The Morgan fingerprint density at radius 1 is 0.906 bits per heavy atom. The Hall–Kier alpha value is -3.20.